The van der Waals surface area contributed by atoms with Crippen LogP contribution >= 0.6 is 23.8 Å². The SMILES string of the molecule is CCN(CC)C(=O)C(C)n1c(=S)[nH]c2cc(F)c(Cl)cc21. The molecule has 1 heterocycles. The maximum absolute atomic E-state index is 13.5. The van der Waals surface area contributed by atoms with Crippen molar-refractivity contribution in [1.82, 2.24) is 14.5 Å². The summed E-state index contributed by atoms with van der Waals surface area (Å²) in [6.45, 7) is 6.89. The highest BCUT2D eigenvalue weighted by Crippen LogP contribution is 2.26. The number of likely N-dealkylation sites (N-methyl/N-ethyl adjacent to an activating group) is 1. The molecule has 0 saturated heterocycles. The van der Waals surface area contributed by atoms with Crippen LogP contribution in [-0.4, -0.2) is 33.4 Å². The number of halogens is 2. The molecule has 4 nitrogen and oxygen atoms in total. The lowest BCUT2D eigenvalue weighted by atomic mass is 10.2. The number of nitrogens with one attached hydrogen (secondary N) is 1. The van der Waals surface area contributed by atoms with E-state index in [4.69, 9.17) is 23.8 Å². The van der Waals surface area contributed by atoms with Crippen molar-refractivity contribution in [2.24, 2.45) is 0 Å². The Morgan fingerprint density at radius 1 is 1.48 bits per heavy atom. The number of hydrogen-bond donors (Lipinski definition) is 1. The second-order valence-corrected chi connectivity index (χ2v) is 5.56. The van der Waals surface area contributed by atoms with Crippen LogP contribution in [0.15, 0.2) is 12.1 Å². The molecule has 7 heteroatoms. The van der Waals surface area contributed by atoms with Crippen molar-refractivity contribution in [2.75, 3.05) is 13.1 Å². The van der Waals surface area contributed by atoms with Crippen LogP contribution in [0.2, 0.25) is 5.02 Å². The van der Waals surface area contributed by atoms with Gasteiger partial charge in [0.2, 0.25) is 5.91 Å². The first-order chi connectivity index (χ1) is 9.90. The van der Waals surface area contributed by atoms with Gasteiger partial charge in [-0.1, -0.05) is 11.6 Å². The Balaban J connectivity index is 2.56. The number of hydrogen-bond acceptors (Lipinski definition) is 2. The van der Waals surface area contributed by atoms with Crippen molar-refractivity contribution < 1.29 is 9.18 Å². The summed E-state index contributed by atoms with van der Waals surface area (Å²) in [5.41, 5.74) is 1.15. The molecule has 114 valence electrons. The molecule has 1 aromatic carbocycles. The van der Waals surface area contributed by atoms with Crippen LogP contribution in [0.25, 0.3) is 11.0 Å². The minimum Gasteiger partial charge on any atom is -0.341 e. The van der Waals surface area contributed by atoms with E-state index >= 15 is 0 Å². The van der Waals surface area contributed by atoms with E-state index in [1.54, 1.807) is 16.4 Å². The van der Waals surface area contributed by atoms with Crippen molar-refractivity contribution in [3.63, 3.8) is 0 Å². The molecule has 0 fully saturated rings. The molecule has 0 aliphatic heterocycles. The van der Waals surface area contributed by atoms with Gasteiger partial charge in [0.05, 0.1) is 16.1 Å². The lowest BCUT2D eigenvalue weighted by Gasteiger charge is -2.24. The molecule has 1 aromatic heterocycles. The molecule has 1 N–H and O–H groups in total. The molecule has 0 aliphatic carbocycles. The largest absolute Gasteiger partial charge is 0.341 e. The number of aromatic nitrogens is 2. The first kappa shape index (κ1) is 16.0. The Morgan fingerprint density at radius 2 is 2.10 bits per heavy atom. The van der Waals surface area contributed by atoms with Crippen LogP contribution < -0.4 is 0 Å². The standard InChI is InChI=1S/C14H17ClFN3OS/c1-4-18(5-2)13(20)8(3)19-12-6-9(15)10(16)7-11(12)17-14(19)21/h6-8H,4-5H2,1-3H3,(H,17,21). The number of H-pyrrole nitrogens is 1. The van der Waals surface area contributed by atoms with E-state index < -0.39 is 11.9 Å². The molecule has 2 aromatic rings. The van der Waals surface area contributed by atoms with Gasteiger partial charge >= 0.3 is 0 Å². The Kier molecular flexibility index (Phi) is 4.68. The van der Waals surface area contributed by atoms with Crippen LogP contribution in [0.5, 0.6) is 0 Å². The molecule has 0 bridgehead atoms. The lowest BCUT2D eigenvalue weighted by Crippen LogP contribution is -2.36. The van der Waals surface area contributed by atoms with Gasteiger partial charge < -0.3 is 14.5 Å². The molecular formula is C14H17ClFN3OS. The first-order valence-electron chi connectivity index (χ1n) is 6.78. The van der Waals surface area contributed by atoms with Crippen molar-refractivity contribution >= 4 is 40.8 Å². The third-order valence-electron chi connectivity index (χ3n) is 3.58. The molecule has 0 radical (unpaired) electrons. The van der Waals surface area contributed by atoms with Gasteiger partial charge in [-0.15, -0.1) is 0 Å². The summed E-state index contributed by atoms with van der Waals surface area (Å²) >= 11 is 11.1. The zero-order valence-corrected chi connectivity index (χ0v) is 13.7. The highest BCUT2D eigenvalue weighted by atomic mass is 35.5. The Morgan fingerprint density at radius 3 is 2.67 bits per heavy atom. The van der Waals surface area contributed by atoms with Gasteiger partial charge in [0.1, 0.15) is 11.9 Å². The summed E-state index contributed by atoms with van der Waals surface area (Å²) < 4.78 is 15.6. The van der Waals surface area contributed by atoms with Gasteiger partial charge in [-0.25, -0.2) is 4.39 Å². The van der Waals surface area contributed by atoms with E-state index in [1.807, 2.05) is 13.8 Å². The molecular weight excluding hydrogens is 313 g/mol. The summed E-state index contributed by atoms with van der Waals surface area (Å²) in [6.07, 6.45) is 0. The molecule has 1 atom stereocenters. The van der Waals surface area contributed by atoms with E-state index in [9.17, 15) is 9.18 Å². The molecule has 0 spiro atoms. The topological polar surface area (TPSA) is 41.0 Å². The summed E-state index contributed by atoms with van der Waals surface area (Å²) in [5, 5.41) is 0.00716. The molecule has 1 unspecified atom stereocenters. The molecule has 2 rings (SSSR count). The predicted octanol–water partition coefficient (Wildman–Crippen LogP) is 3.92. The maximum Gasteiger partial charge on any atom is 0.245 e. The summed E-state index contributed by atoms with van der Waals surface area (Å²) in [5.74, 6) is -0.548. The Labute approximate surface area is 132 Å². The fraction of sp³-hybridized carbons (Fsp3) is 0.429. The number of imidazole rings is 1. The number of nitrogens with zero attached hydrogens (tertiary/aromatic N) is 2. The minimum absolute atomic E-state index is 0.00716. The van der Waals surface area contributed by atoms with Gasteiger partial charge in [0.25, 0.3) is 0 Å². The molecule has 0 saturated carbocycles. The predicted molar refractivity (Wildman–Crippen MR) is 84.7 cm³/mol. The van der Waals surface area contributed by atoms with E-state index in [0.29, 0.717) is 28.9 Å². The van der Waals surface area contributed by atoms with Crippen molar-refractivity contribution in [2.45, 2.75) is 26.8 Å². The minimum atomic E-state index is -0.518. The lowest BCUT2D eigenvalue weighted by molar-refractivity contribution is -0.133. The van der Waals surface area contributed by atoms with Crippen LogP contribution in [0.3, 0.4) is 0 Å². The second-order valence-electron chi connectivity index (χ2n) is 4.77. The first-order valence-corrected chi connectivity index (χ1v) is 7.57. The zero-order valence-electron chi connectivity index (χ0n) is 12.1. The molecule has 0 aliphatic rings. The molecule has 21 heavy (non-hydrogen) atoms. The number of amides is 1. The van der Waals surface area contributed by atoms with Crippen molar-refractivity contribution in [3.8, 4) is 0 Å². The van der Waals surface area contributed by atoms with Crippen molar-refractivity contribution in [1.29, 1.82) is 0 Å². The number of benzene rings is 1. The monoisotopic (exact) mass is 329 g/mol. The van der Waals surface area contributed by atoms with Crippen molar-refractivity contribution in [3.05, 3.63) is 27.7 Å². The van der Waals surface area contributed by atoms with Gasteiger partial charge in [-0.2, -0.15) is 0 Å². The van der Waals surface area contributed by atoms with Gasteiger partial charge in [-0.3, -0.25) is 4.79 Å². The maximum atomic E-state index is 13.5. The Hall–Kier alpha value is -1.40. The quantitative estimate of drug-likeness (QED) is 0.864. The van der Waals surface area contributed by atoms with E-state index in [0.717, 1.165) is 0 Å². The second kappa shape index (κ2) is 6.15. The third kappa shape index (κ3) is 2.82. The number of carbonyl (C=O) groups is 1. The highest BCUT2D eigenvalue weighted by molar-refractivity contribution is 7.71. The number of fused-ring (bicyclic) bond motifs is 1. The van der Waals surface area contributed by atoms with Gasteiger partial charge in [-0.05, 0) is 39.1 Å². The van der Waals surface area contributed by atoms with Gasteiger partial charge in [0.15, 0.2) is 4.77 Å². The highest BCUT2D eigenvalue weighted by Gasteiger charge is 2.22. The zero-order chi connectivity index (χ0) is 15.7. The smallest absolute Gasteiger partial charge is 0.245 e. The van der Waals surface area contributed by atoms with Crippen LogP contribution in [0.4, 0.5) is 4.39 Å². The van der Waals surface area contributed by atoms with Crippen LogP contribution in [-0.2, 0) is 4.79 Å². The summed E-state index contributed by atoms with van der Waals surface area (Å²) in [4.78, 5) is 17.1. The van der Waals surface area contributed by atoms with E-state index in [-0.39, 0.29) is 10.9 Å². The van der Waals surface area contributed by atoms with Crippen LogP contribution in [0.1, 0.15) is 26.8 Å². The van der Waals surface area contributed by atoms with Crippen LogP contribution in [0, 0.1) is 10.6 Å². The normalized spacial score (nSPS) is 12.6. The summed E-state index contributed by atoms with van der Waals surface area (Å²) in [6, 6.07) is 2.30. The average Bonchev–Trinajstić information content (AvgIpc) is 2.75. The van der Waals surface area contributed by atoms with Gasteiger partial charge in [0, 0.05) is 19.2 Å². The fourth-order valence-corrected chi connectivity index (χ4v) is 2.94. The fourth-order valence-electron chi connectivity index (χ4n) is 2.42. The van der Waals surface area contributed by atoms with E-state index in [2.05, 4.69) is 4.98 Å². The third-order valence-corrected chi connectivity index (χ3v) is 4.17. The average molecular weight is 330 g/mol. The van der Waals surface area contributed by atoms with E-state index in [1.165, 1.54) is 12.1 Å². The number of rotatable bonds is 4. The number of aromatic amines is 1. The summed E-state index contributed by atoms with van der Waals surface area (Å²) in [7, 11) is 0. The molecule has 1 amide bonds. The number of carbonyl (C=O) groups excluding carboxylic acids is 1. The Bertz CT molecular complexity index is 736.